The minimum Gasteiger partial charge on any atom is -0.357 e. The molecule has 6 heteroatoms. The number of aromatic nitrogens is 2. The molecule has 5 nitrogen and oxygen atoms in total. The number of hydrogen-bond acceptors (Lipinski definition) is 2. The number of rotatable bonds is 6. The Balaban J connectivity index is 0.00000243. The lowest BCUT2D eigenvalue weighted by Gasteiger charge is -2.16. The fourth-order valence-electron chi connectivity index (χ4n) is 3.01. The van der Waals surface area contributed by atoms with Crippen molar-refractivity contribution < 1.29 is 0 Å². The summed E-state index contributed by atoms with van der Waals surface area (Å²) in [6.45, 7) is 6.51. The highest BCUT2D eigenvalue weighted by Gasteiger charge is 2.11. The fourth-order valence-corrected chi connectivity index (χ4v) is 3.01. The van der Waals surface area contributed by atoms with Crippen LogP contribution in [-0.4, -0.2) is 28.1 Å². The van der Waals surface area contributed by atoms with E-state index in [2.05, 4.69) is 63.5 Å². The SMILES string of the molecule is CCNC(=NCc1cccc(Cn2ccnc2C)c1)NC1CC=CC1.I. The molecule has 26 heavy (non-hydrogen) atoms. The van der Waals surface area contributed by atoms with Gasteiger partial charge in [0.25, 0.3) is 0 Å². The maximum atomic E-state index is 4.75. The molecule has 0 aliphatic heterocycles. The summed E-state index contributed by atoms with van der Waals surface area (Å²) >= 11 is 0. The van der Waals surface area contributed by atoms with Gasteiger partial charge in [-0.15, -0.1) is 24.0 Å². The third-order valence-electron chi connectivity index (χ3n) is 4.38. The summed E-state index contributed by atoms with van der Waals surface area (Å²) in [5.74, 6) is 1.93. The van der Waals surface area contributed by atoms with Crippen LogP contribution in [0.15, 0.2) is 53.8 Å². The summed E-state index contributed by atoms with van der Waals surface area (Å²) in [4.78, 5) is 9.03. The zero-order valence-electron chi connectivity index (χ0n) is 15.5. The Bertz CT molecular complexity index is 742. The molecule has 1 aromatic carbocycles. The van der Waals surface area contributed by atoms with Crippen LogP contribution >= 0.6 is 24.0 Å². The van der Waals surface area contributed by atoms with Gasteiger partial charge in [-0.2, -0.15) is 0 Å². The second-order valence-electron chi connectivity index (χ2n) is 6.40. The molecule has 0 spiro atoms. The van der Waals surface area contributed by atoms with E-state index < -0.39 is 0 Å². The van der Waals surface area contributed by atoms with Crippen LogP contribution < -0.4 is 10.6 Å². The predicted molar refractivity (Wildman–Crippen MR) is 118 cm³/mol. The Morgan fingerprint density at radius 2 is 2.04 bits per heavy atom. The fraction of sp³-hybridized carbons (Fsp3) is 0.400. The van der Waals surface area contributed by atoms with Gasteiger partial charge in [0.1, 0.15) is 5.82 Å². The smallest absolute Gasteiger partial charge is 0.191 e. The highest BCUT2D eigenvalue weighted by Crippen LogP contribution is 2.11. The van der Waals surface area contributed by atoms with E-state index in [1.54, 1.807) is 0 Å². The number of benzene rings is 1. The molecule has 0 unspecified atom stereocenters. The normalized spacial score (nSPS) is 14.3. The van der Waals surface area contributed by atoms with E-state index in [0.29, 0.717) is 12.6 Å². The summed E-state index contributed by atoms with van der Waals surface area (Å²) in [5.41, 5.74) is 2.49. The molecule has 1 heterocycles. The molecular formula is C20H28IN5. The molecule has 0 fully saturated rings. The van der Waals surface area contributed by atoms with Crippen molar-refractivity contribution in [3.8, 4) is 0 Å². The van der Waals surface area contributed by atoms with Gasteiger partial charge in [-0.25, -0.2) is 9.98 Å². The van der Waals surface area contributed by atoms with Crippen LogP contribution in [0.25, 0.3) is 0 Å². The maximum Gasteiger partial charge on any atom is 0.191 e. The molecule has 140 valence electrons. The molecule has 0 saturated heterocycles. The lowest BCUT2D eigenvalue weighted by Crippen LogP contribution is -2.42. The standard InChI is InChI=1S/C20H27N5.HI/c1-3-21-20(24-19-9-4-5-10-19)23-14-17-7-6-8-18(13-17)15-25-12-11-22-16(25)2;/h4-8,11-13,19H,3,9-10,14-15H2,1-2H3,(H2,21,23,24);1H. The highest BCUT2D eigenvalue weighted by atomic mass is 127. The molecular weight excluding hydrogens is 437 g/mol. The molecule has 0 saturated carbocycles. The molecule has 3 rings (SSSR count). The molecule has 2 aromatic rings. The molecule has 0 amide bonds. The van der Waals surface area contributed by atoms with Gasteiger partial charge in [-0.1, -0.05) is 36.4 Å². The van der Waals surface area contributed by atoms with Crippen molar-refractivity contribution in [2.24, 2.45) is 4.99 Å². The van der Waals surface area contributed by atoms with Gasteiger partial charge in [0, 0.05) is 31.5 Å². The second kappa shape index (κ2) is 10.4. The first-order valence-corrected chi connectivity index (χ1v) is 9.00. The Morgan fingerprint density at radius 3 is 2.73 bits per heavy atom. The van der Waals surface area contributed by atoms with Gasteiger partial charge >= 0.3 is 0 Å². The maximum absolute atomic E-state index is 4.75. The largest absolute Gasteiger partial charge is 0.357 e. The number of hydrogen-bond donors (Lipinski definition) is 2. The Hall–Kier alpha value is -1.83. The third kappa shape index (κ3) is 5.86. The molecule has 0 atom stereocenters. The first-order chi connectivity index (χ1) is 12.2. The number of aliphatic imine (C=N–C) groups is 1. The Labute approximate surface area is 173 Å². The van der Waals surface area contributed by atoms with Gasteiger partial charge in [-0.3, -0.25) is 0 Å². The van der Waals surface area contributed by atoms with Crippen LogP contribution in [0, 0.1) is 6.92 Å². The second-order valence-corrected chi connectivity index (χ2v) is 6.40. The average Bonchev–Trinajstić information content (AvgIpc) is 3.26. The van der Waals surface area contributed by atoms with Crippen molar-refractivity contribution >= 4 is 29.9 Å². The summed E-state index contributed by atoms with van der Waals surface area (Å²) < 4.78 is 2.15. The van der Waals surface area contributed by atoms with Crippen molar-refractivity contribution in [2.75, 3.05) is 6.54 Å². The van der Waals surface area contributed by atoms with E-state index in [9.17, 15) is 0 Å². The van der Waals surface area contributed by atoms with Crippen molar-refractivity contribution in [3.05, 3.63) is 65.8 Å². The van der Waals surface area contributed by atoms with Crippen LogP contribution in [0.2, 0.25) is 0 Å². The quantitative estimate of drug-likeness (QED) is 0.297. The van der Waals surface area contributed by atoms with Gasteiger partial charge in [0.05, 0.1) is 6.54 Å². The average molecular weight is 465 g/mol. The first-order valence-electron chi connectivity index (χ1n) is 9.00. The number of halogens is 1. The number of guanidine groups is 1. The summed E-state index contributed by atoms with van der Waals surface area (Å²) in [6.07, 6.45) is 10.5. The van der Waals surface area contributed by atoms with Crippen LogP contribution in [-0.2, 0) is 13.1 Å². The van der Waals surface area contributed by atoms with Gasteiger partial charge in [0.15, 0.2) is 5.96 Å². The molecule has 1 aliphatic rings. The minimum atomic E-state index is 0. The van der Waals surface area contributed by atoms with E-state index in [1.807, 2.05) is 19.3 Å². The van der Waals surface area contributed by atoms with E-state index >= 15 is 0 Å². The lowest BCUT2D eigenvalue weighted by molar-refractivity contribution is 0.633. The Morgan fingerprint density at radius 1 is 1.27 bits per heavy atom. The number of nitrogens with zero attached hydrogens (tertiary/aromatic N) is 3. The number of imidazole rings is 1. The van der Waals surface area contributed by atoms with E-state index in [-0.39, 0.29) is 24.0 Å². The monoisotopic (exact) mass is 465 g/mol. The lowest BCUT2D eigenvalue weighted by atomic mass is 10.1. The number of nitrogens with one attached hydrogen (secondary N) is 2. The molecule has 2 N–H and O–H groups in total. The van der Waals surface area contributed by atoms with Crippen LogP contribution in [0.1, 0.15) is 36.7 Å². The summed E-state index contributed by atoms with van der Waals surface area (Å²) in [5, 5.41) is 6.85. The van der Waals surface area contributed by atoms with Crippen molar-refractivity contribution in [3.63, 3.8) is 0 Å². The van der Waals surface area contributed by atoms with Gasteiger partial charge in [0.2, 0.25) is 0 Å². The predicted octanol–water partition coefficient (Wildman–Crippen LogP) is 3.63. The van der Waals surface area contributed by atoms with E-state index in [0.717, 1.165) is 37.7 Å². The third-order valence-corrected chi connectivity index (χ3v) is 4.38. The molecule has 0 bridgehead atoms. The van der Waals surface area contributed by atoms with Crippen LogP contribution in [0.3, 0.4) is 0 Å². The summed E-state index contributed by atoms with van der Waals surface area (Å²) in [6, 6.07) is 9.08. The van der Waals surface area contributed by atoms with Crippen LogP contribution in [0.5, 0.6) is 0 Å². The minimum absolute atomic E-state index is 0. The van der Waals surface area contributed by atoms with E-state index in [1.165, 1.54) is 11.1 Å². The van der Waals surface area contributed by atoms with Gasteiger partial charge < -0.3 is 15.2 Å². The zero-order valence-corrected chi connectivity index (χ0v) is 17.8. The zero-order chi connectivity index (χ0) is 17.5. The first kappa shape index (κ1) is 20.5. The molecule has 1 aliphatic carbocycles. The molecule has 1 aromatic heterocycles. The molecule has 0 radical (unpaired) electrons. The number of aryl methyl sites for hydroxylation is 1. The van der Waals surface area contributed by atoms with E-state index in [4.69, 9.17) is 4.99 Å². The van der Waals surface area contributed by atoms with Crippen molar-refractivity contribution in [2.45, 2.75) is 45.8 Å². The Kier molecular flexibility index (Phi) is 8.15. The highest BCUT2D eigenvalue weighted by molar-refractivity contribution is 14.0. The topological polar surface area (TPSA) is 54.2 Å². The summed E-state index contributed by atoms with van der Waals surface area (Å²) in [7, 11) is 0. The van der Waals surface area contributed by atoms with Gasteiger partial charge in [-0.05, 0) is 37.8 Å². The van der Waals surface area contributed by atoms with Crippen molar-refractivity contribution in [1.82, 2.24) is 20.2 Å². The van der Waals surface area contributed by atoms with Crippen LogP contribution in [0.4, 0.5) is 0 Å². The van der Waals surface area contributed by atoms with Crippen molar-refractivity contribution in [1.29, 1.82) is 0 Å².